The van der Waals surface area contributed by atoms with Crippen molar-refractivity contribution in [2.75, 3.05) is 6.54 Å². The predicted octanol–water partition coefficient (Wildman–Crippen LogP) is 1.92. The number of rotatable bonds is 0. The van der Waals surface area contributed by atoms with E-state index in [1.165, 1.54) is 44.2 Å². The van der Waals surface area contributed by atoms with E-state index < -0.39 is 0 Å². The molecule has 0 radical (unpaired) electrons. The standard InChI is InChI=1S/C9H16N2/c1-2-4-6-9-8(5-3-1)7-10-11-9/h8,10H,1-7H2. The van der Waals surface area contributed by atoms with Crippen molar-refractivity contribution >= 4 is 5.71 Å². The largest absolute Gasteiger partial charge is 0.309 e. The second-order valence-electron chi connectivity index (χ2n) is 3.62. The molecule has 1 aliphatic carbocycles. The van der Waals surface area contributed by atoms with E-state index in [4.69, 9.17) is 0 Å². The van der Waals surface area contributed by atoms with E-state index in [0.29, 0.717) is 0 Å². The Balaban J connectivity index is 1.98. The molecule has 1 fully saturated rings. The van der Waals surface area contributed by atoms with Gasteiger partial charge in [0.1, 0.15) is 0 Å². The summed E-state index contributed by atoms with van der Waals surface area (Å²) in [5.41, 5.74) is 4.56. The molecular formula is C9H16N2. The second-order valence-corrected chi connectivity index (χ2v) is 3.62. The molecule has 1 N–H and O–H groups in total. The molecule has 0 aromatic heterocycles. The number of hydrogen-bond acceptors (Lipinski definition) is 2. The fourth-order valence-electron chi connectivity index (χ4n) is 2.05. The van der Waals surface area contributed by atoms with Crippen molar-refractivity contribution in [3.63, 3.8) is 0 Å². The first-order chi connectivity index (χ1) is 5.47. The summed E-state index contributed by atoms with van der Waals surface area (Å²) in [6.45, 7) is 1.11. The lowest BCUT2D eigenvalue weighted by Gasteiger charge is -2.14. The Bertz CT molecular complexity index is 163. The van der Waals surface area contributed by atoms with Gasteiger partial charge in [-0.05, 0) is 19.3 Å². The van der Waals surface area contributed by atoms with Crippen LogP contribution in [0.2, 0.25) is 0 Å². The fourth-order valence-corrected chi connectivity index (χ4v) is 2.05. The van der Waals surface area contributed by atoms with Gasteiger partial charge in [0.25, 0.3) is 0 Å². The van der Waals surface area contributed by atoms with Crippen LogP contribution in [0.25, 0.3) is 0 Å². The molecule has 0 bridgehead atoms. The summed E-state index contributed by atoms with van der Waals surface area (Å²) in [5.74, 6) is 0.787. The Morgan fingerprint density at radius 2 is 2.09 bits per heavy atom. The molecule has 2 rings (SSSR count). The highest BCUT2D eigenvalue weighted by Crippen LogP contribution is 2.22. The van der Waals surface area contributed by atoms with E-state index in [-0.39, 0.29) is 0 Å². The zero-order chi connectivity index (χ0) is 7.52. The lowest BCUT2D eigenvalue weighted by Crippen LogP contribution is -2.16. The average molecular weight is 152 g/mol. The van der Waals surface area contributed by atoms with Gasteiger partial charge in [-0.3, -0.25) is 0 Å². The molecule has 1 aliphatic heterocycles. The lowest BCUT2D eigenvalue weighted by atomic mass is 9.90. The molecule has 1 saturated carbocycles. The van der Waals surface area contributed by atoms with Crippen molar-refractivity contribution in [1.82, 2.24) is 5.43 Å². The highest BCUT2D eigenvalue weighted by molar-refractivity contribution is 5.88. The second kappa shape index (κ2) is 3.24. The quantitative estimate of drug-likeness (QED) is 0.563. The summed E-state index contributed by atoms with van der Waals surface area (Å²) in [7, 11) is 0. The maximum Gasteiger partial charge on any atom is 0.0427 e. The van der Waals surface area contributed by atoms with E-state index >= 15 is 0 Å². The van der Waals surface area contributed by atoms with Gasteiger partial charge in [-0.15, -0.1) is 0 Å². The van der Waals surface area contributed by atoms with Crippen molar-refractivity contribution in [3.8, 4) is 0 Å². The highest BCUT2D eigenvalue weighted by Gasteiger charge is 2.21. The van der Waals surface area contributed by atoms with Gasteiger partial charge in [-0.2, -0.15) is 5.10 Å². The molecule has 0 spiro atoms. The first kappa shape index (κ1) is 7.14. The van der Waals surface area contributed by atoms with Crippen LogP contribution in [0.15, 0.2) is 5.10 Å². The zero-order valence-corrected chi connectivity index (χ0v) is 6.97. The minimum absolute atomic E-state index is 0.787. The van der Waals surface area contributed by atoms with Crippen LogP contribution in [0, 0.1) is 5.92 Å². The molecule has 1 atom stereocenters. The molecular weight excluding hydrogens is 136 g/mol. The number of fused-ring (bicyclic) bond motifs is 1. The van der Waals surface area contributed by atoms with Crippen molar-refractivity contribution in [2.24, 2.45) is 11.0 Å². The maximum absolute atomic E-state index is 4.33. The summed E-state index contributed by atoms with van der Waals surface area (Å²) < 4.78 is 0. The SMILES string of the molecule is C1CCCC2CNN=C2CC1. The van der Waals surface area contributed by atoms with Gasteiger partial charge in [-0.25, -0.2) is 0 Å². The predicted molar refractivity (Wildman–Crippen MR) is 46.6 cm³/mol. The van der Waals surface area contributed by atoms with E-state index in [1.807, 2.05) is 0 Å². The summed E-state index contributed by atoms with van der Waals surface area (Å²) in [6.07, 6.45) is 8.22. The smallest absolute Gasteiger partial charge is 0.0427 e. The van der Waals surface area contributed by atoms with Crippen LogP contribution in [0.4, 0.5) is 0 Å². The third kappa shape index (κ3) is 1.55. The third-order valence-corrected chi connectivity index (χ3v) is 2.77. The molecule has 2 heteroatoms. The molecule has 2 aliphatic rings. The third-order valence-electron chi connectivity index (χ3n) is 2.77. The van der Waals surface area contributed by atoms with E-state index in [2.05, 4.69) is 10.5 Å². The maximum atomic E-state index is 4.33. The monoisotopic (exact) mass is 152 g/mol. The van der Waals surface area contributed by atoms with Crippen LogP contribution in [0.5, 0.6) is 0 Å². The van der Waals surface area contributed by atoms with Gasteiger partial charge in [-0.1, -0.05) is 19.3 Å². The van der Waals surface area contributed by atoms with E-state index in [9.17, 15) is 0 Å². The summed E-state index contributed by atoms with van der Waals surface area (Å²) in [5, 5.41) is 4.33. The van der Waals surface area contributed by atoms with Gasteiger partial charge < -0.3 is 5.43 Å². The topological polar surface area (TPSA) is 24.4 Å². The Kier molecular flexibility index (Phi) is 2.11. The number of hydrazone groups is 1. The molecule has 2 nitrogen and oxygen atoms in total. The van der Waals surface area contributed by atoms with Crippen LogP contribution in [0.1, 0.15) is 38.5 Å². The van der Waals surface area contributed by atoms with Crippen molar-refractivity contribution in [2.45, 2.75) is 38.5 Å². The zero-order valence-electron chi connectivity index (χ0n) is 6.97. The number of nitrogens with zero attached hydrogens (tertiary/aromatic N) is 1. The van der Waals surface area contributed by atoms with Crippen LogP contribution in [0.3, 0.4) is 0 Å². The Hall–Kier alpha value is -0.530. The normalized spacial score (nSPS) is 31.3. The number of nitrogens with one attached hydrogen (secondary N) is 1. The van der Waals surface area contributed by atoms with Gasteiger partial charge in [0, 0.05) is 18.2 Å². The minimum atomic E-state index is 0.787. The van der Waals surface area contributed by atoms with Crippen molar-refractivity contribution in [1.29, 1.82) is 0 Å². The number of hydrogen-bond donors (Lipinski definition) is 1. The van der Waals surface area contributed by atoms with Crippen molar-refractivity contribution in [3.05, 3.63) is 0 Å². The van der Waals surface area contributed by atoms with Gasteiger partial charge in [0.2, 0.25) is 0 Å². The molecule has 0 aromatic carbocycles. The first-order valence-electron chi connectivity index (χ1n) is 4.76. The van der Waals surface area contributed by atoms with Gasteiger partial charge in [0.05, 0.1) is 0 Å². The first-order valence-corrected chi connectivity index (χ1v) is 4.76. The molecule has 0 saturated heterocycles. The molecule has 62 valence electrons. The highest BCUT2D eigenvalue weighted by atomic mass is 15.3. The molecule has 11 heavy (non-hydrogen) atoms. The van der Waals surface area contributed by atoms with Crippen LogP contribution in [-0.2, 0) is 0 Å². The summed E-state index contributed by atoms with van der Waals surface area (Å²) >= 11 is 0. The molecule has 1 unspecified atom stereocenters. The Morgan fingerprint density at radius 1 is 1.18 bits per heavy atom. The molecule has 0 aromatic rings. The summed E-state index contributed by atoms with van der Waals surface area (Å²) in [6, 6.07) is 0. The van der Waals surface area contributed by atoms with Crippen molar-refractivity contribution < 1.29 is 0 Å². The van der Waals surface area contributed by atoms with Gasteiger partial charge >= 0.3 is 0 Å². The Labute approximate surface area is 68.1 Å². The van der Waals surface area contributed by atoms with Crippen LogP contribution < -0.4 is 5.43 Å². The summed E-state index contributed by atoms with van der Waals surface area (Å²) in [4.78, 5) is 0. The average Bonchev–Trinajstić information content (AvgIpc) is 2.35. The van der Waals surface area contributed by atoms with Gasteiger partial charge in [0.15, 0.2) is 0 Å². The van der Waals surface area contributed by atoms with E-state index in [1.54, 1.807) is 0 Å². The molecule has 1 heterocycles. The molecule has 0 amide bonds. The lowest BCUT2D eigenvalue weighted by molar-refractivity contribution is 0.523. The fraction of sp³-hybridized carbons (Fsp3) is 0.889. The minimum Gasteiger partial charge on any atom is -0.309 e. The van der Waals surface area contributed by atoms with E-state index in [0.717, 1.165) is 12.5 Å². The van der Waals surface area contributed by atoms with Crippen LogP contribution >= 0.6 is 0 Å². The Morgan fingerprint density at radius 3 is 3.09 bits per heavy atom. The van der Waals surface area contributed by atoms with Crippen LogP contribution in [-0.4, -0.2) is 12.3 Å².